The molecule has 1 saturated carbocycles. The van der Waals surface area contributed by atoms with Gasteiger partial charge in [-0.3, -0.25) is 0 Å². The van der Waals surface area contributed by atoms with Crippen LogP contribution in [0.15, 0.2) is 24.4 Å². The van der Waals surface area contributed by atoms with Crippen molar-refractivity contribution in [3.63, 3.8) is 0 Å². The molecule has 1 atom stereocenters. The largest absolute Gasteiger partial charge is 0.486 e. The van der Waals surface area contributed by atoms with Gasteiger partial charge in [-0.2, -0.15) is 0 Å². The summed E-state index contributed by atoms with van der Waals surface area (Å²) in [6.07, 6.45) is 7.64. The fourth-order valence-electron chi connectivity index (χ4n) is 3.89. The second kappa shape index (κ2) is 8.18. The standard InChI is InChI=1S/C20H28N4O2/c1-2-21-15-6-8-16(9-7-15)23-20-22-12-14-4-3-5-18(19(14)24-20)26-17-10-11-25-13-17/h3-5,12,15-17,21H,2,6-11,13H2,1H3,(H,22,23,24). The van der Waals surface area contributed by atoms with Crippen LogP contribution in [0, 0.1) is 0 Å². The van der Waals surface area contributed by atoms with E-state index >= 15 is 0 Å². The molecular formula is C20H28N4O2. The molecule has 2 aromatic rings. The van der Waals surface area contributed by atoms with Crippen molar-refractivity contribution < 1.29 is 9.47 Å². The zero-order valence-corrected chi connectivity index (χ0v) is 15.4. The average molecular weight is 356 g/mol. The second-order valence-corrected chi connectivity index (χ2v) is 7.24. The van der Waals surface area contributed by atoms with Crippen molar-refractivity contribution in [2.24, 2.45) is 0 Å². The molecule has 26 heavy (non-hydrogen) atoms. The van der Waals surface area contributed by atoms with Gasteiger partial charge in [-0.05, 0) is 38.3 Å². The number of nitrogens with one attached hydrogen (secondary N) is 2. The van der Waals surface area contributed by atoms with E-state index in [-0.39, 0.29) is 6.10 Å². The van der Waals surface area contributed by atoms with Crippen LogP contribution in [-0.2, 0) is 4.74 Å². The summed E-state index contributed by atoms with van der Waals surface area (Å²) >= 11 is 0. The van der Waals surface area contributed by atoms with Crippen LogP contribution in [0.3, 0.4) is 0 Å². The van der Waals surface area contributed by atoms with Gasteiger partial charge in [0.1, 0.15) is 17.4 Å². The molecule has 1 aliphatic carbocycles. The summed E-state index contributed by atoms with van der Waals surface area (Å²) in [6.45, 7) is 4.64. The first kappa shape index (κ1) is 17.5. The number of rotatable bonds is 6. The summed E-state index contributed by atoms with van der Waals surface area (Å²) in [5.74, 6) is 1.52. The number of benzene rings is 1. The van der Waals surface area contributed by atoms with Crippen LogP contribution in [0.4, 0.5) is 5.95 Å². The molecule has 4 rings (SSSR count). The molecular weight excluding hydrogens is 328 g/mol. The van der Waals surface area contributed by atoms with Gasteiger partial charge in [0.15, 0.2) is 0 Å². The third-order valence-electron chi connectivity index (χ3n) is 5.31. The molecule has 0 spiro atoms. The van der Waals surface area contributed by atoms with Gasteiger partial charge in [0.25, 0.3) is 0 Å². The minimum Gasteiger partial charge on any atom is -0.486 e. The number of nitrogens with zero attached hydrogens (tertiary/aromatic N) is 2. The lowest BCUT2D eigenvalue weighted by atomic mass is 9.91. The molecule has 0 amide bonds. The Morgan fingerprint density at radius 2 is 2.00 bits per heavy atom. The van der Waals surface area contributed by atoms with Crippen LogP contribution in [-0.4, -0.2) is 47.9 Å². The molecule has 1 saturated heterocycles. The van der Waals surface area contributed by atoms with Crippen molar-refractivity contribution in [3.8, 4) is 5.75 Å². The summed E-state index contributed by atoms with van der Waals surface area (Å²) in [5, 5.41) is 8.08. The predicted molar refractivity (Wildman–Crippen MR) is 103 cm³/mol. The van der Waals surface area contributed by atoms with Gasteiger partial charge in [-0.25, -0.2) is 9.97 Å². The molecule has 140 valence electrons. The highest BCUT2D eigenvalue weighted by Gasteiger charge is 2.22. The Bertz CT molecular complexity index is 725. The van der Waals surface area contributed by atoms with Gasteiger partial charge in [0.05, 0.1) is 13.2 Å². The average Bonchev–Trinajstić information content (AvgIpc) is 3.17. The van der Waals surface area contributed by atoms with Gasteiger partial charge < -0.3 is 20.1 Å². The molecule has 2 heterocycles. The zero-order valence-electron chi connectivity index (χ0n) is 15.4. The highest BCUT2D eigenvalue weighted by atomic mass is 16.5. The molecule has 6 nitrogen and oxygen atoms in total. The number of aromatic nitrogens is 2. The van der Waals surface area contributed by atoms with E-state index < -0.39 is 0 Å². The van der Waals surface area contributed by atoms with Gasteiger partial charge in [0, 0.05) is 30.1 Å². The normalized spacial score (nSPS) is 26.1. The molecule has 1 aromatic carbocycles. The third-order valence-corrected chi connectivity index (χ3v) is 5.31. The summed E-state index contributed by atoms with van der Waals surface area (Å²) in [6, 6.07) is 7.10. The quantitative estimate of drug-likeness (QED) is 0.829. The highest BCUT2D eigenvalue weighted by Crippen LogP contribution is 2.27. The molecule has 6 heteroatoms. The lowest BCUT2D eigenvalue weighted by Crippen LogP contribution is -2.37. The van der Waals surface area contributed by atoms with Crippen LogP contribution in [0.5, 0.6) is 5.75 Å². The molecule has 2 aliphatic rings. The van der Waals surface area contributed by atoms with E-state index in [1.54, 1.807) is 0 Å². The summed E-state index contributed by atoms with van der Waals surface area (Å²) in [4.78, 5) is 9.27. The zero-order chi connectivity index (χ0) is 17.8. The molecule has 2 N–H and O–H groups in total. The maximum absolute atomic E-state index is 6.12. The first-order chi connectivity index (χ1) is 12.8. The fourth-order valence-corrected chi connectivity index (χ4v) is 3.89. The van der Waals surface area contributed by atoms with E-state index in [4.69, 9.17) is 14.5 Å². The number of anilines is 1. The monoisotopic (exact) mass is 356 g/mol. The lowest BCUT2D eigenvalue weighted by molar-refractivity contribution is 0.142. The Labute approximate surface area is 154 Å². The number of hydrogen-bond donors (Lipinski definition) is 2. The number of hydrogen-bond acceptors (Lipinski definition) is 6. The van der Waals surface area contributed by atoms with Crippen molar-refractivity contribution in [1.29, 1.82) is 0 Å². The van der Waals surface area contributed by atoms with E-state index in [9.17, 15) is 0 Å². The van der Waals surface area contributed by atoms with E-state index in [1.165, 1.54) is 12.8 Å². The fraction of sp³-hybridized carbons (Fsp3) is 0.600. The van der Waals surface area contributed by atoms with E-state index in [0.717, 1.165) is 49.1 Å². The van der Waals surface area contributed by atoms with Crippen molar-refractivity contribution >= 4 is 16.9 Å². The minimum absolute atomic E-state index is 0.119. The van der Waals surface area contributed by atoms with Crippen molar-refractivity contribution in [3.05, 3.63) is 24.4 Å². The highest BCUT2D eigenvalue weighted by molar-refractivity contribution is 5.84. The summed E-state index contributed by atoms with van der Waals surface area (Å²) in [5.41, 5.74) is 0.873. The first-order valence-corrected chi connectivity index (χ1v) is 9.82. The summed E-state index contributed by atoms with van der Waals surface area (Å²) in [7, 11) is 0. The van der Waals surface area contributed by atoms with Crippen molar-refractivity contribution in [2.75, 3.05) is 25.1 Å². The van der Waals surface area contributed by atoms with E-state index in [1.807, 2.05) is 24.4 Å². The van der Waals surface area contributed by atoms with Gasteiger partial charge in [-0.15, -0.1) is 0 Å². The Morgan fingerprint density at radius 3 is 2.77 bits per heavy atom. The van der Waals surface area contributed by atoms with Crippen LogP contribution in [0.25, 0.3) is 10.9 Å². The Hall–Kier alpha value is -1.92. The molecule has 1 aromatic heterocycles. The summed E-state index contributed by atoms with van der Waals surface area (Å²) < 4.78 is 11.5. The second-order valence-electron chi connectivity index (χ2n) is 7.24. The van der Waals surface area contributed by atoms with Crippen molar-refractivity contribution in [2.45, 2.75) is 57.2 Å². The predicted octanol–water partition coefficient (Wildman–Crippen LogP) is 3.13. The molecule has 0 radical (unpaired) electrons. The Morgan fingerprint density at radius 1 is 1.15 bits per heavy atom. The number of fused-ring (bicyclic) bond motifs is 1. The molecule has 1 unspecified atom stereocenters. The SMILES string of the molecule is CCNC1CCC(Nc2ncc3cccc(OC4CCOC4)c3n2)CC1. The molecule has 0 bridgehead atoms. The van der Waals surface area contributed by atoms with Crippen LogP contribution >= 0.6 is 0 Å². The Kier molecular flexibility index (Phi) is 5.51. The minimum atomic E-state index is 0.119. The maximum atomic E-state index is 6.12. The van der Waals surface area contributed by atoms with Crippen LogP contribution in [0.2, 0.25) is 0 Å². The van der Waals surface area contributed by atoms with Gasteiger partial charge >= 0.3 is 0 Å². The smallest absolute Gasteiger partial charge is 0.223 e. The third kappa shape index (κ3) is 4.07. The van der Waals surface area contributed by atoms with Gasteiger partial charge in [-0.1, -0.05) is 19.1 Å². The molecule has 2 fully saturated rings. The van der Waals surface area contributed by atoms with Crippen LogP contribution < -0.4 is 15.4 Å². The van der Waals surface area contributed by atoms with E-state index in [0.29, 0.717) is 24.6 Å². The first-order valence-electron chi connectivity index (χ1n) is 9.82. The maximum Gasteiger partial charge on any atom is 0.223 e. The lowest BCUT2D eigenvalue weighted by Gasteiger charge is -2.29. The number of ether oxygens (including phenoxy) is 2. The van der Waals surface area contributed by atoms with Crippen molar-refractivity contribution in [1.82, 2.24) is 15.3 Å². The van der Waals surface area contributed by atoms with Gasteiger partial charge in [0.2, 0.25) is 5.95 Å². The number of para-hydroxylation sites is 1. The Balaban J connectivity index is 1.46. The molecule has 1 aliphatic heterocycles. The topological polar surface area (TPSA) is 68.3 Å². The van der Waals surface area contributed by atoms with Crippen LogP contribution in [0.1, 0.15) is 39.0 Å². The van der Waals surface area contributed by atoms with E-state index in [2.05, 4.69) is 22.5 Å².